The second-order valence-electron chi connectivity index (χ2n) is 22.1. The molecule has 1 amide bonds. The van der Waals surface area contributed by atoms with E-state index >= 15 is 0 Å². The van der Waals surface area contributed by atoms with Crippen LogP contribution in [0.2, 0.25) is 0 Å². The van der Waals surface area contributed by atoms with Crippen molar-refractivity contribution in [1.29, 1.82) is 0 Å². The number of unbranched alkanes of at least 4 members (excludes halogenated alkanes) is 49. The highest BCUT2D eigenvalue weighted by molar-refractivity contribution is 5.76. The number of esters is 1. The molecule has 2 atom stereocenters. The summed E-state index contributed by atoms with van der Waals surface area (Å²) in [5.41, 5.74) is 0. The third-order valence-corrected chi connectivity index (χ3v) is 15.1. The van der Waals surface area contributed by atoms with Crippen LogP contribution in [0.5, 0.6) is 0 Å². The van der Waals surface area contributed by atoms with E-state index in [1.807, 2.05) is 6.08 Å². The number of amides is 1. The molecule has 6 nitrogen and oxygen atoms in total. The van der Waals surface area contributed by atoms with Crippen LogP contribution in [0, 0.1) is 0 Å². The first kappa shape index (κ1) is 68.6. The summed E-state index contributed by atoms with van der Waals surface area (Å²) in [5.74, 6) is -0.0444. The number of carbonyl (C=O) groups excluding carboxylic acids is 2. The number of carbonyl (C=O) groups is 2. The zero-order valence-electron chi connectivity index (χ0n) is 47.5. The van der Waals surface area contributed by atoms with Crippen LogP contribution in [0.25, 0.3) is 0 Å². The minimum Gasteiger partial charge on any atom is -0.466 e. The summed E-state index contributed by atoms with van der Waals surface area (Å²) in [7, 11) is 0. The quantitative estimate of drug-likeness (QED) is 0.0321. The fraction of sp³-hybridized carbons (Fsp3) is 0.938. The molecule has 0 aromatic carbocycles. The molecule has 0 aliphatic carbocycles. The Hall–Kier alpha value is -1.40. The average molecular weight is 989 g/mol. The molecule has 0 saturated carbocycles. The van der Waals surface area contributed by atoms with E-state index < -0.39 is 12.1 Å². The fourth-order valence-corrected chi connectivity index (χ4v) is 10.2. The summed E-state index contributed by atoms with van der Waals surface area (Å²) in [6.07, 6.45) is 72.7. The molecule has 0 aliphatic heterocycles. The van der Waals surface area contributed by atoms with E-state index in [4.69, 9.17) is 4.74 Å². The van der Waals surface area contributed by atoms with Gasteiger partial charge in [-0.25, -0.2) is 0 Å². The van der Waals surface area contributed by atoms with Gasteiger partial charge >= 0.3 is 5.97 Å². The van der Waals surface area contributed by atoms with Crippen molar-refractivity contribution in [1.82, 2.24) is 5.32 Å². The number of aliphatic hydroxyl groups excluding tert-OH is 2. The van der Waals surface area contributed by atoms with Gasteiger partial charge in [0.1, 0.15) is 0 Å². The maximum absolute atomic E-state index is 12.4. The second-order valence-corrected chi connectivity index (χ2v) is 22.1. The molecule has 0 saturated heterocycles. The van der Waals surface area contributed by atoms with E-state index in [9.17, 15) is 19.8 Å². The number of hydrogen-bond donors (Lipinski definition) is 3. The van der Waals surface area contributed by atoms with Crippen LogP contribution < -0.4 is 5.32 Å². The summed E-state index contributed by atoms with van der Waals surface area (Å²) in [6.45, 7) is 4.93. The molecule has 0 bridgehead atoms. The summed E-state index contributed by atoms with van der Waals surface area (Å²) >= 11 is 0. The number of aliphatic hydroxyl groups is 2. The zero-order chi connectivity index (χ0) is 50.7. The van der Waals surface area contributed by atoms with E-state index in [1.165, 1.54) is 295 Å². The van der Waals surface area contributed by atoms with Gasteiger partial charge in [0.2, 0.25) is 5.91 Å². The van der Waals surface area contributed by atoms with Gasteiger partial charge in [0.25, 0.3) is 0 Å². The van der Waals surface area contributed by atoms with E-state index in [1.54, 1.807) is 6.08 Å². The molecule has 6 heteroatoms. The fourth-order valence-electron chi connectivity index (χ4n) is 10.2. The number of nitrogens with one attached hydrogen (secondary N) is 1. The normalized spacial score (nSPS) is 12.6. The second kappa shape index (κ2) is 60.2. The maximum atomic E-state index is 12.4. The highest BCUT2D eigenvalue weighted by Crippen LogP contribution is 2.18. The topological polar surface area (TPSA) is 95.9 Å². The first-order valence-electron chi connectivity index (χ1n) is 32.0. The molecule has 3 N–H and O–H groups in total. The van der Waals surface area contributed by atoms with Crippen LogP contribution >= 0.6 is 0 Å². The largest absolute Gasteiger partial charge is 0.466 e. The predicted octanol–water partition coefficient (Wildman–Crippen LogP) is 20.0. The minimum atomic E-state index is -0.841. The molecule has 2 unspecified atom stereocenters. The Morgan fingerprint density at radius 3 is 0.971 bits per heavy atom. The molecule has 0 aromatic rings. The highest BCUT2D eigenvalue weighted by atomic mass is 16.5. The molecule has 0 aliphatic rings. The number of rotatable bonds is 60. The van der Waals surface area contributed by atoms with Gasteiger partial charge in [-0.05, 0) is 32.1 Å². The SMILES string of the molecule is CCCCCCCCCCCC/C=C/C(O)C(CO)NC(=O)CCCCCCCCCCCCCCCCCCCCCCCCCCCCOC(=O)CCCCCCCCCCCCCCCCC. The average Bonchev–Trinajstić information content (AvgIpc) is 3.36. The minimum absolute atomic E-state index is 0.0203. The molecule has 0 spiro atoms. The van der Waals surface area contributed by atoms with E-state index in [2.05, 4.69) is 19.2 Å². The standard InChI is InChI=1S/C64H125NO5/c1-3-5-7-9-11-13-15-17-30-34-38-42-46-50-54-58-64(69)70-59-55-51-47-43-39-35-32-29-27-25-23-21-19-18-20-22-24-26-28-31-33-37-41-45-49-53-57-63(68)65-61(60-66)62(67)56-52-48-44-40-36-16-14-12-10-8-6-4-2/h52,56,61-62,66-67H,3-51,53-55,57-60H2,1-2H3,(H,65,68)/b56-52+. The molecule has 0 aromatic heterocycles. The number of hydrogen-bond acceptors (Lipinski definition) is 5. The lowest BCUT2D eigenvalue weighted by atomic mass is 10.0. The number of allylic oxidation sites excluding steroid dienone is 1. The van der Waals surface area contributed by atoms with Crippen LogP contribution in [-0.4, -0.2) is 47.4 Å². The molecular weight excluding hydrogens is 863 g/mol. The molecule has 0 fully saturated rings. The lowest BCUT2D eigenvalue weighted by Crippen LogP contribution is -2.45. The first-order chi connectivity index (χ1) is 34.5. The van der Waals surface area contributed by atoms with Crippen LogP contribution in [0.4, 0.5) is 0 Å². The molecular formula is C64H125NO5. The predicted molar refractivity (Wildman–Crippen MR) is 306 cm³/mol. The number of ether oxygens (including phenoxy) is 1. The Balaban J connectivity index is 3.34. The van der Waals surface area contributed by atoms with E-state index in [-0.39, 0.29) is 18.5 Å². The molecule has 0 rings (SSSR count). The third-order valence-electron chi connectivity index (χ3n) is 15.1. The van der Waals surface area contributed by atoms with Crippen molar-refractivity contribution in [2.24, 2.45) is 0 Å². The van der Waals surface area contributed by atoms with Gasteiger partial charge in [0.15, 0.2) is 0 Å². The van der Waals surface area contributed by atoms with Gasteiger partial charge in [-0.3, -0.25) is 9.59 Å². The maximum Gasteiger partial charge on any atom is 0.305 e. The Morgan fingerprint density at radius 1 is 0.386 bits per heavy atom. The van der Waals surface area contributed by atoms with Crippen molar-refractivity contribution in [3.8, 4) is 0 Å². The van der Waals surface area contributed by atoms with Gasteiger partial charge < -0.3 is 20.3 Å². The Kier molecular flexibility index (Phi) is 59.0. The monoisotopic (exact) mass is 988 g/mol. The molecule has 0 radical (unpaired) electrons. The Bertz CT molecular complexity index is 1050. The molecule has 70 heavy (non-hydrogen) atoms. The van der Waals surface area contributed by atoms with E-state index in [0.29, 0.717) is 19.4 Å². The van der Waals surface area contributed by atoms with Gasteiger partial charge in [-0.2, -0.15) is 0 Å². The lowest BCUT2D eigenvalue weighted by Gasteiger charge is -2.20. The van der Waals surface area contributed by atoms with E-state index in [0.717, 1.165) is 38.5 Å². The zero-order valence-corrected chi connectivity index (χ0v) is 47.5. The van der Waals surface area contributed by atoms with Gasteiger partial charge in [0.05, 0.1) is 25.4 Å². The van der Waals surface area contributed by atoms with Crippen LogP contribution in [0.15, 0.2) is 12.2 Å². The van der Waals surface area contributed by atoms with Gasteiger partial charge in [0, 0.05) is 12.8 Å². The van der Waals surface area contributed by atoms with Crippen molar-refractivity contribution < 1.29 is 24.5 Å². The third kappa shape index (κ3) is 55.9. The molecule has 416 valence electrons. The van der Waals surface area contributed by atoms with Crippen molar-refractivity contribution in [3.05, 3.63) is 12.2 Å². The summed E-state index contributed by atoms with van der Waals surface area (Å²) in [4.78, 5) is 24.5. The van der Waals surface area contributed by atoms with Crippen molar-refractivity contribution in [3.63, 3.8) is 0 Å². The van der Waals surface area contributed by atoms with Crippen molar-refractivity contribution >= 4 is 11.9 Å². The smallest absolute Gasteiger partial charge is 0.305 e. The Labute approximate surface area is 438 Å². The summed E-state index contributed by atoms with van der Waals surface area (Å²) in [6, 6.07) is -0.624. The van der Waals surface area contributed by atoms with Crippen molar-refractivity contribution in [2.45, 2.75) is 373 Å². The van der Waals surface area contributed by atoms with Crippen LogP contribution in [0.3, 0.4) is 0 Å². The van der Waals surface area contributed by atoms with Gasteiger partial charge in [-0.15, -0.1) is 0 Å². The van der Waals surface area contributed by atoms with Gasteiger partial charge in [-0.1, -0.05) is 328 Å². The Morgan fingerprint density at radius 2 is 0.657 bits per heavy atom. The van der Waals surface area contributed by atoms with Crippen molar-refractivity contribution in [2.75, 3.05) is 13.2 Å². The van der Waals surface area contributed by atoms with Crippen LogP contribution in [-0.2, 0) is 14.3 Å². The summed E-state index contributed by atoms with van der Waals surface area (Å²) in [5, 5.41) is 23.1. The lowest BCUT2D eigenvalue weighted by molar-refractivity contribution is -0.143. The summed E-state index contributed by atoms with van der Waals surface area (Å²) < 4.78 is 5.50. The highest BCUT2D eigenvalue weighted by Gasteiger charge is 2.18. The van der Waals surface area contributed by atoms with Crippen LogP contribution in [0.1, 0.15) is 361 Å². The first-order valence-corrected chi connectivity index (χ1v) is 32.0. The molecule has 0 heterocycles.